The summed E-state index contributed by atoms with van der Waals surface area (Å²) in [6.45, 7) is 0. The molecule has 2 N–H and O–H groups in total. The first-order valence-corrected chi connectivity index (χ1v) is 8.48. The Morgan fingerprint density at radius 1 is 1.08 bits per heavy atom. The minimum absolute atomic E-state index is 0.0974. The molecule has 1 aliphatic rings. The van der Waals surface area contributed by atoms with E-state index in [-0.39, 0.29) is 11.3 Å². The van der Waals surface area contributed by atoms with Crippen LogP contribution in [0, 0.1) is 3.57 Å². The molecule has 6 nitrogen and oxygen atoms in total. The zero-order chi connectivity index (χ0) is 18.1. The Labute approximate surface area is 161 Å². The van der Waals surface area contributed by atoms with Crippen LogP contribution in [-0.4, -0.2) is 23.0 Å². The second-order valence-electron chi connectivity index (χ2n) is 5.15. The smallest absolute Gasteiger partial charge is 0.335 e. The molecular weight excluding hydrogens is 459 g/mol. The molecule has 0 atom stereocenters. The van der Waals surface area contributed by atoms with Crippen LogP contribution in [0.3, 0.4) is 0 Å². The van der Waals surface area contributed by atoms with Crippen molar-refractivity contribution in [1.82, 2.24) is 5.32 Å². The number of nitrogens with one attached hydrogen (secondary N) is 1. The number of urea groups is 1. The maximum Gasteiger partial charge on any atom is 0.335 e. The molecule has 1 fully saturated rings. The number of rotatable bonds is 2. The molecule has 0 aromatic heterocycles. The van der Waals surface area contributed by atoms with Crippen molar-refractivity contribution in [3.63, 3.8) is 0 Å². The molecule has 3 rings (SSSR count). The number of halogens is 2. The maximum absolute atomic E-state index is 12.7. The van der Waals surface area contributed by atoms with Crippen molar-refractivity contribution in [1.29, 1.82) is 0 Å². The molecule has 1 saturated heterocycles. The summed E-state index contributed by atoms with van der Waals surface area (Å²) in [6.07, 6.45) is 1.37. The summed E-state index contributed by atoms with van der Waals surface area (Å²) in [6, 6.07) is 9.92. The first-order chi connectivity index (χ1) is 11.9. The van der Waals surface area contributed by atoms with Crippen LogP contribution in [0.1, 0.15) is 5.56 Å². The lowest BCUT2D eigenvalue weighted by atomic mass is 10.1. The Balaban J connectivity index is 2.01. The van der Waals surface area contributed by atoms with E-state index in [1.165, 1.54) is 24.3 Å². The molecule has 0 bridgehead atoms. The average molecular weight is 469 g/mol. The second-order valence-corrected chi connectivity index (χ2v) is 6.74. The zero-order valence-electron chi connectivity index (χ0n) is 12.5. The molecule has 25 heavy (non-hydrogen) atoms. The molecule has 2 aromatic carbocycles. The summed E-state index contributed by atoms with van der Waals surface area (Å²) in [4.78, 5) is 37.7. The molecule has 0 saturated carbocycles. The predicted molar refractivity (Wildman–Crippen MR) is 101 cm³/mol. The van der Waals surface area contributed by atoms with Crippen molar-refractivity contribution in [3.05, 3.63) is 62.2 Å². The van der Waals surface area contributed by atoms with E-state index in [0.29, 0.717) is 19.8 Å². The summed E-state index contributed by atoms with van der Waals surface area (Å²) >= 11 is 7.75. The number of amides is 4. The average Bonchev–Trinajstić information content (AvgIpc) is 2.56. The minimum Gasteiger partial charge on any atom is -0.507 e. The Hall–Kier alpha value is -2.39. The topological polar surface area (TPSA) is 86.7 Å². The molecule has 0 unspecified atom stereocenters. The van der Waals surface area contributed by atoms with Gasteiger partial charge in [0, 0.05) is 5.02 Å². The van der Waals surface area contributed by atoms with E-state index in [0.717, 1.165) is 4.90 Å². The summed E-state index contributed by atoms with van der Waals surface area (Å²) in [5.74, 6) is -1.41. The lowest BCUT2D eigenvalue weighted by Crippen LogP contribution is -2.54. The van der Waals surface area contributed by atoms with E-state index in [4.69, 9.17) is 11.6 Å². The molecule has 0 aliphatic carbocycles. The maximum atomic E-state index is 12.7. The van der Waals surface area contributed by atoms with Crippen LogP contribution >= 0.6 is 34.2 Å². The first-order valence-electron chi connectivity index (χ1n) is 7.02. The van der Waals surface area contributed by atoms with Crippen LogP contribution in [0.15, 0.2) is 48.0 Å². The lowest BCUT2D eigenvalue weighted by molar-refractivity contribution is -0.122. The molecule has 0 radical (unpaired) electrons. The molecule has 8 heteroatoms. The fourth-order valence-corrected chi connectivity index (χ4v) is 2.93. The molecule has 4 amide bonds. The van der Waals surface area contributed by atoms with Crippen molar-refractivity contribution in [2.24, 2.45) is 0 Å². The van der Waals surface area contributed by atoms with Gasteiger partial charge in [-0.25, -0.2) is 9.69 Å². The van der Waals surface area contributed by atoms with E-state index in [2.05, 4.69) is 5.32 Å². The number of barbiturate groups is 1. The number of anilines is 1. The van der Waals surface area contributed by atoms with E-state index in [9.17, 15) is 19.5 Å². The van der Waals surface area contributed by atoms with Gasteiger partial charge in [0.1, 0.15) is 11.3 Å². The number of imide groups is 2. The zero-order valence-corrected chi connectivity index (χ0v) is 15.4. The Kier molecular flexibility index (Phi) is 4.78. The highest BCUT2D eigenvalue weighted by Gasteiger charge is 2.36. The quantitative estimate of drug-likeness (QED) is 0.402. The Bertz CT molecular complexity index is 925. The van der Waals surface area contributed by atoms with Gasteiger partial charge in [0.25, 0.3) is 11.8 Å². The van der Waals surface area contributed by atoms with E-state index < -0.39 is 17.8 Å². The van der Waals surface area contributed by atoms with Crippen LogP contribution in [0.2, 0.25) is 5.02 Å². The number of nitrogens with zero attached hydrogens (tertiary/aromatic N) is 1. The van der Waals surface area contributed by atoms with Gasteiger partial charge >= 0.3 is 6.03 Å². The fraction of sp³-hybridized carbons (Fsp3) is 0. The van der Waals surface area contributed by atoms with Gasteiger partial charge in [-0.05, 0) is 70.6 Å². The third kappa shape index (κ3) is 3.52. The number of carbonyl (C=O) groups excluding carboxylic acids is 3. The predicted octanol–water partition coefficient (Wildman–Crippen LogP) is 3.32. The number of phenols is 1. The highest BCUT2D eigenvalue weighted by atomic mass is 127. The van der Waals surface area contributed by atoms with Crippen LogP contribution < -0.4 is 10.2 Å². The van der Waals surface area contributed by atoms with Gasteiger partial charge in [-0.1, -0.05) is 17.7 Å². The number of hydrogen-bond donors (Lipinski definition) is 2. The SMILES string of the molecule is O=C1NC(=O)N(c2ccc(Cl)cc2)C(=O)/C1=C/c1ccc(O)c(I)c1. The van der Waals surface area contributed by atoms with E-state index in [1.807, 2.05) is 22.6 Å². The highest BCUT2D eigenvalue weighted by Crippen LogP contribution is 2.25. The minimum atomic E-state index is -0.824. The molecule has 1 heterocycles. The number of hydrogen-bond acceptors (Lipinski definition) is 4. The molecular formula is C17H10ClIN2O4. The van der Waals surface area contributed by atoms with E-state index in [1.54, 1.807) is 24.3 Å². The monoisotopic (exact) mass is 468 g/mol. The van der Waals surface area contributed by atoms with Gasteiger partial charge in [-0.2, -0.15) is 0 Å². The largest absolute Gasteiger partial charge is 0.507 e. The van der Waals surface area contributed by atoms with Crippen LogP contribution in [0.25, 0.3) is 6.08 Å². The molecule has 2 aromatic rings. The van der Waals surface area contributed by atoms with E-state index >= 15 is 0 Å². The fourth-order valence-electron chi connectivity index (χ4n) is 2.26. The molecule has 1 aliphatic heterocycles. The van der Waals surface area contributed by atoms with Crippen LogP contribution in [0.4, 0.5) is 10.5 Å². The van der Waals surface area contributed by atoms with Crippen molar-refractivity contribution in [3.8, 4) is 5.75 Å². The standard InChI is InChI=1S/C17H10ClIN2O4/c18-10-2-4-11(5-3-10)21-16(24)12(15(23)20-17(21)25)7-9-1-6-14(22)13(19)8-9/h1-8,22H,(H,20,23,25)/b12-7+. The van der Waals surface area contributed by atoms with Crippen LogP contribution in [0.5, 0.6) is 5.75 Å². The highest BCUT2D eigenvalue weighted by molar-refractivity contribution is 14.1. The summed E-state index contributed by atoms with van der Waals surface area (Å²) in [7, 11) is 0. The number of aromatic hydroxyl groups is 1. The summed E-state index contributed by atoms with van der Waals surface area (Å²) in [5, 5.41) is 12.2. The van der Waals surface area contributed by atoms with Crippen molar-refractivity contribution < 1.29 is 19.5 Å². The van der Waals surface area contributed by atoms with Gasteiger partial charge in [-0.15, -0.1) is 0 Å². The normalized spacial score (nSPS) is 16.3. The van der Waals surface area contributed by atoms with Crippen LogP contribution in [-0.2, 0) is 9.59 Å². The van der Waals surface area contributed by atoms with Crippen molar-refractivity contribution in [2.45, 2.75) is 0 Å². The third-order valence-electron chi connectivity index (χ3n) is 3.47. The number of carbonyl (C=O) groups is 3. The summed E-state index contributed by atoms with van der Waals surface area (Å²) < 4.78 is 0.571. The van der Waals surface area contributed by atoms with Gasteiger partial charge in [0.15, 0.2) is 0 Å². The van der Waals surface area contributed by atoms with Gasteiger partial charge in [0.2, 0.25) is 0 Å². The number of benzene rings is 2. The third-order valence-corrected chi connectivity index (χ3v) is 4.59. The molecule has 0 spiro atoms. The second kappa shape index (κ2) is 6.85. The van der Waals surface area contributed by atoms with Crippen molar-refractivity contribution in [2.75, 3.05) is 4.90 Å². The van der Waals surface area contributed by atoms with Gasteiger partial charge in [-0.3, -0.25) is 14.9 Å². The lowest BCUT2D eigenvalue weighted by Gasteiger charge is -2.26. The summed E-state index contributed by atoms with van der Waals surface area (Å²) in [5.41, 5.74) is 0.660. The van der Waals surface area contributed by atoms with Gasteiger partial charge < -0.3 is 5.11 Å². The number of phenolic OH excluding ortho intramolecular Hbond substituents is 1. The first kappa shape index (κ1) is 17.4. The Morgan fingerprint density at radius 3 is 2.40 bits per heavy atom. The van der Waals surface area contributed by atoms with Gasteiger partial charge in [0.05, 0.1) is 9.26 Å². The Morgan fingerprint density at radius 2 is 1.76 bits per heavy atom. The molecule has 126 valence electrons. The van der Waals surface area contributed by atoms with Crippen molar-refractivity contribution >= 4 is 63.8 Å².